The highest BCUT2D eigenvalue weighted by atomic mass is 32.1. The van der Waals surface area contributed by atoms with E-state index < -0.39 is 6.10 Å². The van der Waals surface area contributed by atoms with E-state index in [0.29, 0.717) is 32.8 Å². The van der Waals surface area contributed by atoms with Gasteiger partial charge in [0.1, 0.15) is 19.0 Å². The fourth-order valence-electron chi connectivity index (χ4n) is 4.10. The second-order valence-electron chi connectivity index (χ2n) is 8.38. The lowest BCUT2D eigenvalue weighted by Gasteiger charge is -2.37. The number of hydrogen-bond acceptors (Lipinski definition) is 7. The van der Waals surface area contributed by atoms with Gasteiger partial charge < -0.3 is 24.2 Å². The Kier molecular flexibility index (Phi) is 10.4. The lowest BCUT2D eigenvalue weighted by molar-refractivity contribution is -0.136. The number of rotatable bonds is 13. The van der Waals surface area contributed by atoms with Gasteiger partial charge >= 0.3 is 0 Å². The summed E-state index contributed by atoms with van der Waals surface area (Å²) in [5.41, 5.74) is 2.28. The Labute approximate surface area is 206 Å². The van der Waals surface area contributed by atoms with Crippen LogP contribution in [0.5, 0.6) is 5.75 Å². The first-order valence-electron chi connectivity index (χ1n) is 11.5. The van der Waals surface area contributed by atoms with Crippen LogP contribution in [-0.2, 0) is 20.7 Å². The van der Waals surface area contributed by atoms with Gasteiger partial charge in [-0.2, -0.15) is 0 Å². The van der Waals surface area contributed by atoms with Crippen molar-refractivity contribution in [2.45, 2.75) is 25.5 Å². The van der Waals surface area contributed by atoms with Crippen LogP contribution in [-0.4, -0.2) is 86.6 Å². The molecule has 0 radical (unpaired) electrons. The van der Waals surface area contributed by atoms with E-state index in [2.05, 4.69) is 17.4 Å². The van der Waals surface area contributed by atoms with E-state index >= 15 is 0 Å². The number of thiophene rings is 1. The van der Waals surface area contributed by atoms with Gasteiger partial charge in [0.25, 0.3) is 0 Å². The molecule has 0 aliphatic carbocycles. The molecule has 0 spiro atoms. The van der Waals surface area contributed by atoms with Gasteiger partial charge in [-0.25, -0.2) is 0 Å². The van der Waals surface area contributed by atoms with Gasteiger partial charge in [0.15, 0.2) is 0 Å². The zero-order valence-electron chi connectivity index (χ0n) is 19.9. The van der Waals surface area contributed by atoms with E-state index in [4.69, 9.17) is 20.6 Å². The van der Waals surface area contributed by atoms with Crippen molar-refractivity contribution in [3.05, 3.63) is 51.7 Å². The summed E-state index contributed by atoms with van der Waals surface area (Å²) in [4.78, 5) is 18.6. The van der Waals surface area contributed by atoms with Crippen LogP contribution in [0, 0.1) is 19.3 Å². The molecule has 34 heavy (non-hydrogen) atoms. The summed E-state index contributed by atoms with van der Waals surface area (Å²) in [6, 6.07) is 9.87. The van der Waals surface area contributed by atoms with Gasteiger partial charge in [-0.15, -0.1) is 17.8 Å². The largest absolute Gasteiger partial charge is 0.491 e. The zero-order valence-corrected chi connectivity index (χ0v) is 20.8. The molecule has 0 unspecified atom stereocenters. The highest BCUT2D eigenvalue weighted by Crippen LogP contribution is 2.34. The quantitative estimate of drug-likeness (QED) is 0.347. The van der Waals surface area contributed by atoms with Gasteiger partial charge in [0.05, 0.1) is 31.9 Å². The van der Waals surface area contributed by atoms with Crippen molar-refractivity contribution in [3.8, 4) is 18.1 Å². The van der Waals surface area contributed by atoms with Gasteiger partial charge in [-0.05, 0) is 48.1 Å². The number of aliphatic hydroxyl groups is 1. The average molecular weight is 487 g/mol. The Morgan fingerprint density at radius 1 is 1.41 bits per heavy atom. The third-order valence-corrected chi connectivity index (χ3v) is 6.74. The van der Waals surface area contributed by atoms with Crippen molar-refractivity contribution >= 4 is 17.2 Å². The number of nitrogens with zero attached hydrogens (tertiary/aromatic N) is 2. The molecule has 1 aromatic heterocycles. The molecule has 2 atom stereocenters. The van der Waals surface area contributed by atoms with E-state index in [0.717, 1.165) is 23.3 Å². The molecular weight excluding hydrogens is 452 g/mol. The number of benzene rings is 1. The number of aryl methyl sites for hydroxylation is 1. The number of aliphatic hydroxyl groups excluding tert-OH is 1. The predicted octanol–water partition coefficient (Wildman–Crippen LogP) is 2.52. The van der Waals surface area contributed by atoms with Crippen LogP contribution in [0.25, 0.3) is 0 Å². The third kappa shape index (κ3) is 7.55. The normalized spacial score (nSPS) is 16.2. The molecule has 1 aliphatic rings. The standard InChI is InChI=1S/C26H34N2O5S/c1-4-12-32-18-21(29)16-27(11-13-31-3)17-26(30)28-10-8-25-23(9-14-34-25)24(28)19-33-22-7-5-6-20(2)15-22/h1,5-7,9,14-15,21,24,29H,8,10-13,16-19H2,2-3H3/t21-,24-/m1/s1. The first-order chi connectivity index (χ1) is 16.5. The molecule has 0 bridgehead atoms. The minimum atomic E-state index is -0.747. The van der Waals surface area contributed by atoms with Crippen molar-refractivity contribution in [1.29, 1.82) is 0 Å². The minimum Gasteiger partial charge on any atom is -0.491 e. The summed E-state index contributed by atoms with van der Waals surface area (Å²) >= 11 is 1.73. The number of carbonyl (C=O) groups is 1. The van der Waals surface area contributed by atoms with Crippen LogP contribution in [0.2, 0.25) is 0 Å². The molecule has 0 saturated heterocycles. The Bertz CT molecular complexity index is 957. The summed E-state index contributed by atoms with van der Waals surface area (Å²) < 4.78 is 16.6. The van der Waals surface area contributed by atoms with E-state index in [1.807, 2.05) is 41.0 Å². The predicted molar refractivity (Wildman–Crippen MR) is 133 cm³/mol. The van der Waals surface area contributed by atoms with Gasteiger partial charge in [-0.1, -0.05) is 18.1 Å². The van der Waals surface area contributed by atoms with Gasteiger partial charge in [-0.3, -0.25) is 9.69 Å². The summed E-state index contributed by atoms with van der Waals surface area (Å²) in [5.74, 6) is 3.18. The highest BCUT2D eigenvalue weighted by molar-refractivity contribution is 7.10. The Balaban J connectivity index is 1.68. The Morgan fingerprint density at radius 2 is 2.26 bits per heavy atom. The van der Waals surface area contributed by atoms with Crippen molar-refractivity contribution in [1.82, 2.24) is 9.80 Å². The maximum atomic E-state index is 13.5. The monoisotopic (exact) mass is 486 g/mol. The molecule has 3 rings (SSSR count). The van der Waals surface area contributed by atoms with Crippen LogP contribution in [0.3, 0.4) is 0 Å². The lowest BCUT2D eigenvalue weighted by atomic mass is 10.0. The van der Waals surface area contributed by atoms with Crippen LogP contribution < -0.4 is 4.74 Å². The fraction of sp³-hybridized carbons (Fsp3) is 0.500. The molecular formula is C26H34N2O5S. The third-order valence-electron chi connectivity index (χ3n) is 5.75. The Morgan fingerprint density at radius 3 is 3.03 bits per heavy atom. The molecule has 8 heteroatoms. The average Bonchev–Trinajstić information content (AvgIpc) is 3.30. The summed E-state index contributed by atoms with van der Waals surface area (Å²) in [6.07, 6.45) is 5.28. The van der Waals surface area contributed by atoms with E-state index in [9.17, 15) is 9.90 Å². The summed E-state index contributed by atoms with van der Waals surface area (Å²) in [5, 5.41) is 12.4. The number of amides is 1. The second-order valence-corrected chi connectivity index (χ2v) is 9.38. The summed E-state index contributed by atoms with van der Waals surface area (Å²) in [6.45, 7) is 4.78. The number of hydrogen-bond donors (Lipinski definition) is 1. The number of methoxy groups -OCH3 is 1. The van der Waals surface area contributed by atoms with E-state index in [1.165, 1.54) is 4.88 Å². The molecule has 2 aromatic rings. The number of carbonyl (C=O) groups excluding carboxylic acids is 1. The molecule has 1 aliphatic heterocycles. The molecule has 1 amide bonds. The lowest BCUT2D eigenvalue weighted by Crippen LogP contribution is -2.48. The first kappa shape index (κ1) is 26.2. The fourth-order valence-corrected chi connectivity index (χ4v) is 5.03. The summed E-state index contributed by atoms with van der Waals surface area (Å²) in [7, 11) is 1.62. The van der Waals surface area contributed by atoms with Crippen LogP contribution >= 0.6 is 11.3 Å². The molecule has 0 saturated carbocycles. The van der Waals surface area contributed by atoms with Gasteiger partial charge in [0, 0.05) is 31.6 Å². The molecule has 1 N–H and O–H groups in total. The SMILES string of the molecule is C#CCOC[C@H](O)CN(CCOC)CC(=O)N1CCc2sccc2[C@H]1COc1cccc(C)c1. The minimum absolute atomic E-state index is 0.00235. The van der Waals surface area contributed by atoms with E-state index in [1.54, 1.807) is 18.4 Å². The van der Waals surface area contributed by atoms with Crippen LogP contribution in [0.1, 0.15) is 22.0 Å². The molecule has 1 aromatic carbocycles. The number of ether oxygens (including phenoxy) is 3. The first-order valence-corrected chi connectivity index (χ1v) is 12.4. The Hall–Kier alpha value is -2.41. The molecule has 184 valence electrons. The highest BCUT2D eigenvalue weighted by Gasteiger charge is 2.33. The molecule has 0 fully saturated rings. The van der Waals surface area contributed by atoms with Crippen molar-refractivity contribution in [2.75, 3.05) is 59.7 Å². The zero-order chi connectivity index (χ0) is 24.3. The molecule has 2 heterocycles. The van der Waals surface area contributed by atoms with E-state index in [-0.39, 0.29) is 31.7 Å². The van der Waals surface area contributed by atoms with Crippen molar-refractivity contribution in [2.24, 2.45) is 0 Å². The molecule has 7 nitrogen and oxygen atoms in total. The number of terminal acetylenes is 1. The second kappa shape index (κ2) is 13.5. The van der Waals surface area contributed by atoms with Crippen molar-refractivity contribution < 1.29 is 24.1 Å². The van der Waals surface area contributed by atoms with Crippen LogP contribution in [0.4, 0.5) is 0 Å². The maximum Gasteiger partial charge on any atom is 0.237 e. The van der Waals surface area contributed by atoms with Crippen molar-refractivity contribution in [3.63, 3.8) is 0 Å². The topological polar surface area (TPSA) is 71.5 Å². The number of fused-ring (bicyclic) bond motifs is 1. The van der Waals surface area contributed by atoms with Crippen LogP contribution in [0.15, 0.2) is 35.7 Å². The maximum absolute atomic E-state index is 13.5. The van der Waals surface area contributed by atoms with Gasteiger partial charge in [0.2, 0.25) is 5.91 Å². The smallest absolute Gasteiger partial charge is 0.237 e.